The lowest BCUT2D eigenvalue weighted by molar-refractivity contribution is 0.116. The van der Waals surface area contributed by atoms with Gasteiger partial charge in [0.05, 0.1) is 0 Å². The Morgan fingerprint density at radius 1 is 1.25 bits per heavy atom. The lowest BCUT2D eigenvalue weighted by Crippen LogP contribution is -2.45. The highest BCUT2D eigenvalue weighted by molar-refractivity contribution is 5.25. The zero-order valence-corrected chi connectivity index (χ0v) is 13.7. The SMILES string of the molecule is Cc1cccc(C(C)NC2CC3CCC2(C)C3(C)C)c1. The number of nitrogens with one attached hydrogen (secondary N) is 1. The van der Waals surface area contributed by atoms with Gasteiger partial charge in [-0.25, -0.2) is 0 Å². The monoisotopic (exact) mass is 271 g/mol. The number of benzene rings is 1. The Morgan fingerprint density at radius 3 is 2.55 bits per heavy atom. The fourth-order valence-corrected chi connectivity index (χ4v) is 4.79. The van der Waals surface area contributed by atoms with E-state index in [1.807, 2.05) is 0 Å². The minimum atomic E-state index is 0.451. The van der Waals surface area contributed by atoms with E-state index in [1.165, 1.54) is 30.4 Å². The number of rotatable bonds is 3. The first-order valence-corrected chi connectivity index (χ1v) is 8.17. The van der Waals surface area contributed by atoms with Crippen LogP contribution in [0.3, 0.4) is 0 Å². The van der Waals surface area contributed by atoms with Gasteiger partial charge in [-0.1, -0.05) is 50.6 Å². The Hall–Kier alpha value is -0.820. The van der Waals surface area contributed by atoms with Gasteiger partial charge < -0.3 is 5.32 Å². The van der Waals surface area contributed by atoms with Crippen LogP contribution in [0.25, 0.3) is 0 Å². The van der Waals surface area contributed by atoms with Crippen LogP contribution in [0.15, 0.2) is 24.3 Å². The van der Waals surface area contributed by atoms with Crippen molar-refractivity contribution in [1.82, 2.24) is 5.32 Å². The van der Waals surface area contributed by atoms with Gasteiger partial charge in [-0.3, -0.25) is 0 Å². The smallest absolute Gasteiger partial charge is 0.0294 e. The highest BCUT2D eigenvalue weighted by Crippen LogP contribution is 2.65. The molecule has 1 nitrogen and oxygen atoms in total. The van der Waals surface area contributed by atoms with Crippen molar-refractivity contribution in [3.8, 4) is 0 Å². The van der Waals surface area contributed by atoms with Crippen molar-refractivity contribution in [3.63, 3.8) is 0 Å². The van der Waals surface area contributed by atoms with Crippen molar-refractivity contribution in [2.45, 2.75) is 66.0 Å². The molecule has 0 saturated heterocycles. The van der Waals surface area contributed by atoms with E-state index in [2.05, 4.69) is 64.2 Å². The number of fused-ring (bicyclic) bond motifs is 2. The molecule has 1 aromatic carbocycles. The van der Waals surface area contributed by atoms with Crippen molar-refractivity contribution < 1.29 is 0 Å². The third-order valence-corrected chi connectivity index (χ3v) is 6.79. The molecule has 0 radical (unpaired) electrons. The van der Waals surface area contributed by atoms with Crippen LogP contribution in [0.4, 0.5) is 0 Å². The number of aryl methyl sites for hydroxylation is 1. The molecule has 0 aliphatic heterocycles. The lowest BCUT2D eigenvalue weighted by atomic mass is 9.69. The topological polar surface area (TPSA) is 12.0 Å². The zero-order chi connectivity index (χ0) is 14.5. The van der Waals surface area contributed by atoms with Gasteiger partial charge in [0.1, 0.15) is 0 Å². The highest BCUT2D eigenvalue weighted by atomic mass is 15.0. The molecule has 110 valence electrons. The quantitative estimate of drug-likeness (QED) is 0.827. The molecule has 1 aromatic rings. The molecule has 20 heavy (non-hydrogen) atoms. The summed E-state index contributed by atoms with van der Waals surface area (Å²) in [7, 11) is 0. The average molecular weight is 271 g/mol. The van der Waals surface area contributed by atoms with Crippen LogP contribution in [-0.4, -0.2) is 6.04 Å². The maximum atomic E-state index is 3.95. The van der Waals surface area contributed by atoms with Gasteiger partial charge >= 0.3 is 0 Å². The molecular weight excluding hydrogens is 242 g/mol. The van der Waals surface area contributed by atoms with Gasteiger partial charge in [-0.2, -0.15) is 0 Å². The lowest BCUT2D eigenvalue weighted by Gasteiger charge is -2.40. The molecule has 1 heteroatoms. The fourth-order valence-electron chi connectivity index (χ4n) is 4.79. The zero-order valence-electron chi connectivity index (χ0n) is 13.7. The normalized spacial score (nSPS) is 36.2. The molecule has 2 aliphatic carbocycles. The Bertz CT molecular complexity index is 504. The van der Waals surface area contributed by atoms with E-state index in [0.29, 0.717) is 22.9 Å². The molecule has 2 bridgehead atoms. The summed E-state index contributed by atoms with van der Waals surface area (Å²) in [5.41, 5.74) is 3.75. The van der Waals surface area contributed by atoms with Crippen molar-refractivity contribution in [2.75, 3.05) is 0 Å². The molecule has 4 atom stereocenters. The van der Waals surface area contributed by atoms with Crippen LogP contribution in [0.5, 0.6) is 0 Å². The molecule has 0 spiro atoms. The maximum Gasteiger partial charge on any atom is 0.0294 e. The van der Waals surface area contributed by atoms with Crippen LogP contribution in [0.1, 0.15) is 64.1 Å². The Kier molecular flexibility index (Phi) is 3.25. The third-order valence-electron chi connectivity index (χ3n) is 6.79. The van der Waals surface area contributed by atoms with Crippen LogP contribution < -0.4 is 5.32 Å². The predicted molar refractivity (Wildman–Crippen MR) is 85.7 cm³/mol. The molecule has 2 saturated carbocycles. The molecule has 0 heterocycles. The summed E-state index contributed by atoms with van der Waals surface area (Å²) < 4.78 is 0. The summed E-state index contributed by atoms with van der Waals surface area (Å²) in [6, 6.07) is 10.1. The van der Waals surface area contributed by atoms with E-state index in [4.69, 9.17) is 0 Å². The van der Waals surface area contributed by atoms with Gasteiger partial charge in [-0.05, 0) is 55.4 Å². The third kappa shape index (κ3) is 1.94. The summed E-state index contributed by atoms with van der Waals surface area (Å²) in [6.45, 7) is 12.0. The first kappa shape index (κ1) is 14.1. The summed E-state index contributed by atoms with van der Waals surface area (Å²) in [5, 5.41) is 3.95. The minimum Gasteiger partial charge on any atom is -0.307 e. The van der Waals surface area contributed by atoms with Gasteiger partial charge in [0.15, 0.2) is 0 Å². The predicted octanol–water partition coefficient (Wildman–Crippen LogP) is 4.86. The van der Waals surface area contributed by atoms with Crippen LogP contribution in [0.2, 0.25) is 0 Å². The highest BCUT2D eigenvalue weighted by Gasteiger charge is 2.61. The van der Waals surface area contributed by atoms with Crippen molar-refractivity contribution in [3.05, 3.63) is 35.4 Å². The first-order valence-electron chi connectivity index (χ1n) is 8.17. The van der Waals surface area contributed by atoms with Crippen LogP contribution in [-0.2, 0) is 0 Å². The molecule has 2 fully saturated rings. The standard InChI is InChI=1S/C19H29N/c1-13-7-6-8-15(11-13)14(2)20-17-12-16-9-10-19(17,5)18(16,3)4/h6-8,11,14,16-17,20H,9-10,12H2,1-5H3. The minimum absolute atomic E-state index is 0.451. The van der Waals surface area contributed by atoms with E-state index < -0.39 is 0 Å². The van der Waals surface area contributed by atoms with E-state index in [1.54, 1.807) is 0 Å². The summed E-state index contributed by atoms with van der Waals surface area (Å²) in [6.07, 6.45) is 4.18. The Labute approximate surface area is 124 Å². The second kappa shape index (κ2) is 4.59. The van der Waals surface area contributed by atoms with Gasteiger partial charge in [0.25, 0.3) is 0 Å². The Balaban J connectivity index is 1.76. The van der Waals surface area contributed by atoms with E-state index in [0.717, 1.165) is 5.92 Å². The first-order chi connectivity index (χ1) is 9.34. The van der Waals surface area contributed by atoms with Crippen molar-refractivity contribution in [1.29, 1.82) is 0 Å². The van der Waals surface area contributed by atoms with Gasteiger partial charge in [-0.15, -0.1) is 0 Å². The van der Waals surface area contributed by atoms with Gasteiger partial charge in [0.2, 0.25) is 0 Å². The second-order valence-corrected chi connectivity index (χ2v) is 7.97. The van der Waals surface area contributed by atoms with E-state index in [9.17, 15) is 0 Å². The number of hydrogen-bond donors (Lipinski definition) is 1. The molecule has 4 unspecified atom stereocenters. The number of hydrogen-bond acceptors (Lipinski definition) is 1. The van der Waals surface area contributed by atoms with Crippen molar-refractivity contribution in [2.24, 2.45) is 16.7 Å². The van der Waals surface area contributed by atoms with Crippen LogP contribution >= 0.6 is 0 Å². The molecule has 3 rings (SSSR count). The van der Waals surface area contributed by atoms with E-state index >= 15 is 0 Å². The molecule has 0 amide bonds. The summed E-state index contributed by atoms with van der Waals surface area (Å²) in [4.78, 5) is 0. The largest absolute Gasteiger partial charge is 0.307 e. The second-order valence-electron chi connectivity index (χ2n) is 7.97. The summed E-state index contributed by atoms with van der Waals surface area (Å²) >= 11 is 0. The molecule has 0 aromatic heterocycles. The summed E-state index contributed by atoms with van der Waals surface area (Å²) in [5.74, 6) is 0.912. The molecule has 2 aliphatic rings. The van der Waals surface area contributed by atoms with Crippen LogP contribution in [0, 0.1) is 23.7 Å². The maximum absolute atomic E-state index is 3.95. The van der Waals surface area contributed by atoms with E-state index in [-0.39, 0.29) is 0 Å². The Morgan fingerprint density at radius 2 is 2.00 bits per heavy atom. The van der Waals surface area contributed by atoms with Gasteiger partial charge in [0, 0.05) is 12.1 Å². The average Bonchev–Trinajstić information content (AvgIpc) is 2.72. The molecule has 1 N–H and O–H groups in total. The fraction of sp³-hybridized carbons (Fsp3) is 0.684. The van der Waals surface area contributed by atoms with Crippen molar-refractivity contribution >= 4 is 0 Å². The molecular formula is C19H29N.